The second-order valence-electron chi connectivity index (χ2n) is 6.80. The minimum Gasteiger partial charge on any atom is -0.482 e. The van der Waals surface area contributed by atoms with Gasteiger partial charge in [0.1, 0.15) is 17.5 Å². The van der Waals surface area contributed by atoms with Gasteiger partial charge in [-0.15, -0.1) is 0 Å². The maximum Gasteiger partial charge on any atom is 0.276 e. The van der Waals surface area contributed by atoms with Crippen molar-refractivity contribution in [1.29, 1.82) is 0 Å². The third-order valence-electron chi connectivity index (χ3n) is 5.08. The number of rotatable bonds is 5. The number of oxazole rings is 1. The molecule has 1 atom stereocenters. The van der Waals surface area contributed by atoms with Crippen molar-refractivity contribution in [3.8, 4) is 5.75 Å². The van der Waals surface area contributed by atoms with Crippen molar-refractivity contribution < 1.29 is 13.9 Å². The summed E-state index contributed by atoms with van der Waals surface area (Å²) in [5.41, 5.74) is 1.15. The van der Waals surface area contributed by atoms with Gasteiger partial charge >= 0.3 is 0 Å². The molecule has 3 heterocycles. The lowest BCUT2D eigenvalue weighted by atomic mass is 10.00. The molecule has 0 radical (unpaired) electrons. The molecule has 140 valence electrons. The van der Waals surface area contributed by atoms with E-state index in [1.165, 1.54) is 12.7 Å². The minimum absolute atomic E-state index is 0.0524. The fourth-order valence-corrected chi connectivity index (χ4v) is 3.65. The van der Waals surface area contributed by atoms with E-state index in [1.54, 1.807) is 6.20 Å². The van der Waals surface area contributed by atoms with Crippen molar-refractivity contribution >= 4 is 16.8 Å². The summed E-state index contributed by atoms with van der Waals surface area (Å²) < 4.78 is 11.3. The Bertz CT molecular complexity index is 932. The van der Waals surface area contributed by atoms with E-state index in [0.717, 1.165) is 36.7 Å². The normalized spacial score (nSPS) is 17.2. The lowest BCUT2D eigenvalue weighted by Gasteiger charge is -2.34. The van der Waals surface area contributed by atoms with Crippen molar-refractivity contribution in [3.63, 3.8) is 0 Å². The molecule has 0 aliphatic carbocycles. The van der Waals surface area contributed by atoms with E-state index in [4.69, 9.17) is 9.15 Å². The Morgan fingerprint density at radius 2 is 2.19 bits per heavy atom. The van der Waals surface area contributed by atoms with Crippen LogP contribution >= 0.6 is 0 Å². The number of carbonyl (C=O) groups excluding carboxylic acids is 1. The number of carbonyl (C=O) groups is 1. The van der Waals surface area contributed by atoms with Gasteiger partial charge in [-0.1, -0.05) is 25.1 Å². The first-order chi connectivity index (χ1) is 13.3. The number of hydrogen-bond acceptors (Lipinski definition) is 5. The van der Waals surface area contributed by atoms with Crippen LogP contribution in [0, 0.1) is 0 Å². The largest absolute Gasteiger partial charge is 0.482 e. The van der Waals surface area contributed by atoms with Gasteiger partial charge in [0.25, 0.3) is 5.91 Å². The highest BCUT2D eigenvalue weighted by Crippen LogP contribution is 2.24. The van der Waals surface area contributed by atoms with Crippen LogP contribution in [0.4, 0.5) is 0 Å². The highest BCUT2D eigenvalue weighted by Gasteiger charge is 2.28. The van der Waals surface area contributed by atoms with Crippen LogP contribution in [0.15, 0.2) is 47.2 Å². The standard InChI is InChI=1S/C21H23N3O3/c1-2-16-9-3-4-12-24(16)21(25)17-13-27-19(23-17)14-26-18-10-5-7-15-8-6-11-22-20(15)18/h5-8,10-11,13,16H,2-4,9,12,14H2,1H3/t16-/m0/s1. The van der Waals surface area contributed by atoms with Gasteiger partial charge in [-0.3, -0.25) is 9.78 Å². The predicted molar refractivity (Wildman–Crippen MR) is 102 cm³/mol. The van der Waals surface area contributed by atoms with Crippen LogP contribution in [0.3, 0.4) is 0 Å². The second kappa shape index (κ2) is 7.78. The first-order valence-electron chi connectivity index (χ1n) is 9.48. The molecule has 1 amide bonds. The van der Waals surface area contributed by atoms with Crippen LogP contribution in [0.5, 0.6) is 5.75 Å². The van der Waals surface area contributed by atoms with E-state index >= 15 is 0 Å². The predicted octanol–water partition coefficient (Wildman–Crippen LogP) is 4.21. The summed E-state index contributed by atoms with van der Waals surface area (Å²) in [5.74, 6) is 1.00. The van der Waals surface area contributed by atoms with Gasteiger partial charge in [0, 0.05) is 24.2 Å². The lowest BCUT2D eigenvalue weighted by Crippen LogP contribution is -2.43. The smallest absolute Gasteiger partial charge is 0.276 e. The van der Waals surface area contributed by atoms with Crippen molar-refractivity contribution in [2.45, 2.75) is 45.3 Å². The molecule has 2 aromatic heterocycles. The van der Waals surface area contributed by atoms with Crippen LogP contribution in [0.1, 0.15) is 49.0 Å². The van der Waals surface area contributed by atoms with Gasteiger partial charge in [-0.2, -0.15) is 0 Å². The highest BCUT2D eigenvalue weighted by atomic mass is 16.5. The molecule has 0 spiro atoms. The lowest BCUT2D eigenvalue weighted by molar-refractivity contribution is 0.0602. The zero-order chi connectivity index (χ0) is 18.6. The number of pyridine rings is 1. The van der Waals surface area contributed by atoms with E-state index in [-0.39, 0.29) is 12.5 Å². The number of ether oxygens (including phenoxy) is 1. The molecule has 6 heteroatoms. The Labute approximate surface area is 158 Å². The van der Waals surface area contributed by atoms with Crippen LogP contribution in [0.25, 0.3) is 10.9 Å². The first kappa shape index (κ1) is 17.5. The Balaban J connectivity index is 1.45. The Kier molecular flexibility index (Phi) is 5.05. The quantitative estimate of drug-likeness (QED) is 0.677. The molecule has 1 aliphatic rings. The molecule has 0 saturated carbocycles. The number of aromatic nitrogens is 2. The molecule has 0 bridgehead atoms. The van der Waals surface area contributed by atoms with E-state index in [2.05, 4.69) is 16.9 Å². The molecule has 3 aromatic rings. The Morgan fingerprint density at radius 3 is 3.07 bits per heavy atom. The number of para-hydroxylation sites is 1. The van der Waals surface area contributed by atoms with Gasteiger partial charge < -0.3 is 14.1 Å². The van der Waals surface area contributed by atoms with E-state index < -0.39 is 0 Å². The van der Waals surface area contributed by atoms with Crippen molar-refractivity contribution in [2.75, 3.05) is 6.54 Å². The Hall–Kier alpha value is -2.89. The molecule has 0 unspecified atom stereocenters. The van der Waals surface area contributed by atoms with E-state index in [9.17, 15) is 4.79 Å². The Morgan fingerprint density at radius 1 is 1.30 bits per heavy atom. The summed E-state index contributed by atoms with van der Waals surface area (Å²) in [6, 6.07) is 9.95. The molecule has 27 heavy (non-hydrogen) atoms. The number of amides is 1. The summed E-state index contributed by atoms with van der Waals surface area (Å²) in [6.45, 7) is 3.06. The topological polar surface area (TPSA) is 68.5 Å². The first-order valence-corrected chi connectivity index (χ1v) is 9.48. The average Bonchev–Trinajstić information content (AvgIpc) is 3.20. The van der Waals surface area contributed by atoms with Gasteiger partial charge in [-0.05, 0) is 37.8 Å². The third-order valence-corrected chi connectivity index (χ3v) is 5.08. The number of likely N-dealkylation sites (tertiary alicyclic amines) is 1. The summed E-state index contributed by atoms with van der Waals surface area (Å²) in [7, 11) is 0. The molecule has 1 aromatic carbocycles. The van der Waals surface area contributed by atoms with Gasteiger partial charge in [0.15, 0.2) is 12.3 Å². The van der Waals surface area contributed by atoms with Crippen molar-refractivity contribution in [1.82, 2.24) is 14.9 Å². The van der Waals surface area contributed by atoms with Crippen LogP contribution in [0.2, 0.25) is 0 Å². The summed E-state index contributed by atoms with van der Waals surface area (Å²) >= 11 is 0. The van der Waals surface area contributed by atoms with Crippen LogP contribution in [-0.2, 0) is 6.61 Å². The molecule has 6 nitrogen and oxygen atoms in total. The average molecular weight is 365 g/mol. The second-order valence-corrected chi connectivity index (χ2v) is 6.80. The number of fused-ring (bicyclic) bond motifs is 1. The highest BCUT2D eigenvalue weighted by molar-refractivity contribution is 5.92. The summed E-state index contributed by atoms with van der Waals surface area (Å²) in [4.78, 5) is 23.4. The van der Waals surface area contributed by atoms with Crippen molar-refractivity contribution in [2.24, 2.45) is 0 Å². The van der Waals surface area contributed by atoms with Crippen LogP contribution in [-0.4, -0.2) is 33.4 Å². The third kappa shape index (κ3) is 3.65. The summed E-state index contributed by atoms with van der Waals surface area (Å²) in [5, 5.41) is 1.01. The van der Waals surface area contributed by atoms with Gasteiger partial charge in [0.2, 0.25) is 5.89 Å². The molecular formula is C21H23N3O3. The maximum atomic E-state index is 12.8. The zero-order valence-electron chi connectivity index (χ0n) is 15.4. The zero-order valence-corrected chi connectivity index (χ0v) is 15.4. The van der Waals surface area contributed by atoms with Crippen LogP contribution < -0.4 is 4.74 Å². The molecule has 1 saturated heterocycles. The monoisotopic (exact) mass is 365 g/mol. The number of nitrogens with zero attached hydrogens (tertiary/aromatic N) is 3. The number of benzene rings is 1. The van der Waals surface area contributed by atoms with E-state index in [0.29, 0.717) is 23.4 Å². The molecular weight excluding hydrogens is 342 g/mol. The van der Waals surface area contributed by atoms with Gasteiger partial charge in [0.05, 0.1) is 0 Å². The fraction of sp³-hybridized carbons (Fsp3) is 0.381. The molecule has 0 N–H and O–H groups in total. The molecule has 1 aliphatic heterocycles. The summed E-state index contributed by atoms with van der Waals surface area (Å²) in [6.07, 6.45) is 7.42. The molecule has 1 fully saturated rings. The van der Waals surface area contributed by atoms with Gasteiger partial charge in [-0.25, -0.2) is 4.98 Å². The maximum absolute atomic E-state index is 12.8. The number of hydrogen-bond donors (Lipinski definition) is 0. The number of piperidine rings is 1. The fourth-order valence-electron chi connectivity index (χ4n) is 3.65. The SMILES string of the molecule is CC[C@H]1CCCCN1C(=O)c1coc(COc2cccc3cccnc23)n1. The minimum atomic E-state index is -0.0524. The molecule has 4 rings (SSSR count). The van der Waals surface area contributed by atoms with E-state index in [1.807, 2.05) is 35.2 Å². The van der Waals surface area contributed by atoms with Crippen molar-refractivity contribution in [3.05, 3.63) is 54.4 Å².